The number of rotatable bonds is 3. The first kappa shape index (κ1) is 17.8. The van der Waals surface area contributed by atoms with Gasteiger partial charge in [-0.2, -0.15) is 4.98 Å². The van der Waals surface area contributed by atoms with Crippen molar-refractivity contribution >= 4 is 15.7 Å². The summed E-state index contributed by atoms with van der Waals surface area (Å²) >= 11 is 0. The molecule has 10 heteroatoms. The zero-order valence-corrected chi connectivity index (χ0v) is 16.4. The Morgan fingerprint density at radius 1 is 1.18 bits per heavy atom. The summed E-state index contributed by atoms with van der Waals surface area (Å²) in [5, 5.41) is 7.87. The predicted octanol–water partition coefficient (Wildman–Crippen LogP) is 1.82. The summed E-state index contributed by atoms with van der Waals surface area (Å²) in [4.78, 5) is 18.6. The van der Waals surface area contributed by atoms with Crippen LogP contribution in [0.5, 0.6) is 0 Å². The van der Waals surface area contributed by atoms with E-state index in [0.717, 1.165) is 25.7 Å². The SMILES string of the molecule is Cc1cc(C(=O)N2CC3(C2)C(c2nc(C4CCCC4)no2)CCS3(=O)=O)no1. The van der Waals surface area contributed by atoms with Crippen molar-refractivity contribution in [2.24, 2.45) is 0 Å². The van der Waals surface area contributed by atoms with E-state index in [-0.39, 0.29) is 36.4 Å². The second-order valence-corrected chi connectivity index (χ2v) is 10.6. The molecule has 0 radical (unpaired) electrons. The fourth-order valence-corrected chi connectivity index (χ4v) is 7.14. The number of nitrogens with zero attached hydrogens (tertiary/aromatic N) is 4. The monoisotopic (exact) mass is 406 g/mol. The van der Waals surface area contributed by atoms with Crippen LogP contribution in [0.25, 0.3) is 0 Å². The summed E-state index contributed by atoms with van der Waals surface area (Å²) in [5.41, 5.74) is 0.195. The highest BCUT2D eigenvalue weighted by atomic mass is 32.2. The van der Waals surface area contributed by atoms with Crippen molar-refractivity contribution in [1.29, 1.82) is 0 Å². The lowest BCUT2D eigenvalue weighted by Gasteiger charge is -2.48. The third-order valence-corrected chi connectivity index (χ3v) is 9.01. The molecule has 150 valence electrons. The van der Waals surface area contributed by atoms with Gasteiger partial charge in [-0.05, 0) is 26.2 Å². The number of hydrogen-bond acceptors (Lipinski definition) is 8. The Hall–Kier alpha value is -2.23. The largest absolute Gasteiger partial charge is 0.361 e. The minimum atomic E-state index is -3.37. The van der Waals surface area contributed by atoms with E-state index in [4.69, 9.17) is 9.05 Å². The van der Waals surface area contributed by atoms with Crippen LogP contribution in [0.2, 0.25) is 0 Å². The minimum Gasteiger partial charge on any atom is -0.361 e. The number of sulfone groups is 1. The molecule has 2 aromatic heterocycles. The lowest BCUT2D eigenvalue weighted by atomic mass is 9.83. The number of amides is 1. The molecule has 3 aliphatic rings. The van der Waals surface area contributed by atoms with Crippen LogP contribution in [-0.2, 0) is 9.84 Å². The first-order valence-electron chi connectivity index (χ1n) is 9.68. The number of aromatic nitrogens is 3. The van der Waals surface area contributed by atoms with Crippen molar-refractivity contribution in [3.63, 3.8) is 0 Å². The molecule has 0 bridgehead atoms. The molecule has 1 amide bonds. The maximum atomic E-state index is 12.9. The van der Waals surface area contributed by atoms with Gasteiger partial charge < -0.3 is 13.9 Å². The molecule has 9 nitrogen and oxygen atoms in total. The quantitative estimate of drug-likeness (QED) is 0.757. The average molecular weight is 406 g/mol. The molecule has 0 N–H and O–H groups in total. The molecule has 1 saturated carbocycles. The second-order valence-electron chi connectivity index (χ2n) is 8.18. The van der Waals surface area contributed by atoms with E-state index in [2.05, 4.69) is 15.3 Å². The molecule has 28 heavy (non-hydrogen) atoms. The van der Waals surface area contributed by atoms with Gasteiger partial charge in [0.05, 0.1) is 11.7 Å². The van der Waals surface area contributed by atoms with Crippen molar-refractivity contribution in [1.82, 2.24) is 20.2 Å². The average Bonchev–Trinajstić information content (AvgIpc) is 3.38. The zero-order valence-electron chi connectivity index (χ0n) is 15.6. The van der Waals surface area contributed by atoms with E-state index in [1.54, 1.807) is 13.0 Å². The van der Waals surface area contributed by atoms with Crippen molar-refractivity contribution in [3.05, 3.63) is 29.2 Å². The molecule has 0 aromatic carbocycles. The Labute approximate surface area is 162 Å². The highest BCUT2D eigenvalue weighted by Crippen LogP contribution is 2.50. The topological polar surface area (TPSA) is 119 Å². The molecule has 4 heterocycles. The van der Waals surface area contributed by atoms with Crippen LogP contribution in [0, 0.1) is 6.92 Å². The Balaban J connectivity index is 1.39. The van der Waals surface area contributed by atoms with Crippen molar-refractivity contribution < 1.29 is 22.3 Å². The van der Waals surface area contributed by atoms with Gasteiger partial charge in [0, 0.05) is 25.1 Å². The van der Waals surface area contributed by atoms with Crippen LogP contribution in [-0.4, -0.2) is 58.1 Å². The smallest absolute Gasteiger partial charge is 0.276 e. The van der Waals surface area contributed by atoms with Gasteiger partial charge in [-0.25, -0.2) is 8.42 Å². The van der Waals surface area contributed by atoms with E-state index in [0.29, 0.717) is 29.8 Å². The number of carbonyl (C=O) groups excluding carboxylic acids is 1. The maximum absolute atomic E-state index is 12.9. The zero-order chi connectivity index (χ0) is 19.5. The number of likely N-dealkylation sites (tertiary alicyclic amines) is 1. The third-order valence-electron chi connectivity index (χ3n) is 6.46. The molecule has 2 saturated heterocycles. The molecule has 1 spiro atoms. The molecular formula is C18H22N4O5S. The first-order chi connectivity index (χ1) is 13.4. The van der Waals surface area contributed by atoms with Gasteiger partial charge in [0.15, 0.2) is 21.4 Å². The van der Waals surface area contributed by atoms with Gasteiger partial charge in [0.1, 0.15) is 10.5 Å². The summed E-state index contributed by atoms with van der Waals surface area (Å²) in [6.07, 6.45) is 4.86. The number of carbonyl (C=O) groups is 1. The maximum Gasteiger partial charge on any atom is 0.276 e. The molecule has 2 aromatic rings. The van der Waals surface area contributed by atoms with Gasteiger partial charge in [0.25, 0.3) is 5.91 Å². The normalized spacial score (nSPS) is 26.0. The number of hydrogen-bond donors (Lipinski definition) is 0. The second kappa shape index (κ2) is 6.13. The summed E-state index contributed by atoms with van der Waals surface area (Å²) in [7, 11) is -3.37. The van der Waals surface area contributed by atoms with Gasteiger partial charge in [-0.3, -0.25) is 4.79 Å². The number of aryl methyl sites for hydroxylation is 1. The van der Waals surface area contributed by atoms with Crippen LogP contribution < -0.4 is 0 Å². The van der Waals surface area contributed by atoms with Gasteiger partial charge in [-0.15, -0.1) is 0 Å². The fourth-order valence-electron chi connectivity index (χ4n) is 4.83. The van der Waals surface area contributed by atoms with E-state index < -0.39 is 14.6 Å². The van der Waals surface area contributed by atoms with Crippen molar-refractivity contribution in [3.8, 4) is 0 Å². The molecule has 3 fully saturated rings. The lowest BCUT2D eigenvalue weighted by molar-refractivity contribution is 0.0493. The molecule has 5 rings (SSSR count). The molecular weight excluding hydrogens is 384 g/mol. The summed E-state index contributed by atoms with van der Waals surface area (Å²) in [5.74, 6) is 1.31. The predicted molar refractivity (Wildman–Crippen MR) is 96.5 cm³/mol. The Bertz CT molecular complexity index is 1010. The summed E-state index contributed by atoms with van der Waals surface area (Å²) in [6, 6.07) is 1.56. The van der Waals surface area contributed by atoms with Crippen LogP contribution in [0.15, 0.2) is 15.1 Å². The van der Waals surface area contributed by atoms with E-state index >= 15 is 0 Å². The first-order valence-corrected chi connectivity index (χ1v) is 11.3. The molecule has 1 atom stereocenters. The van der Waals surface area contributed by atoms with E-state index in [9.17, 15) is 13.2 Å². The van der Waals surface area contributed by atoms with Gasteiger partial charge in [-0.1, -0.05) is 23.2 Å². The highest BCUT2D eigenvalue weighted by molar-refractivity contribution is 7.93. The summed E-state index contributed by atoms with van der Waals surface area (Å²) in [6.45, 7) is 1.94. The van der Waals surface area contributed by atoms with Crippen molar-refractivity contribution in [2.45, 2.75) is 55.6 Å². The highest BCUT2D eigenvalue weighted by Gasteiger charge is 2.64. The lowest BCUT2D eigenvalue weighted by Crippen LogP contribution is -2.67. The van der Waals surface area contributed by atoms with Crippen molar-refractivity contribution in [2.75, 3.05) is 18.8 Å². The van der Waals surface area contributed by atoms with Gasteiger partial charge >= 0.3 is 0 Å². The van der Waals surface area contributed by atoms with Crippen LogP contribution in [0.4, 0.5) is 0 Å². The Kier molecular flexibility index (Phi) is 3.91. The fraction of sp³-hybridized carbons (Fsp3) is 0.667. The van der Waals surface area contributed by atoms with E-state index in [1.165, 1.54) is 4.90 Å². The van der Waals surface area contributed by atoms with Crippen LogP contribution in [0.1, 0.15) is 71.9 Å². The molecule has 1 unspecified atom stereocenters. The summed E-state index contributed by atoms with van der Waals surface area (Å²) < 4.78 is 35.1. The van der Waals surface area contributed by atoms with Crippen LogP contribution in [0.3, 0.4) is 0 Å². The Morgan fingerprint density at radius 3 is 2.61 bits per heavy atom. The molecule has 1 aliphatic carbocycles. The van der Waals surface area contributed by atoms with E-state index in [1.807, 2.05) is 0 Å². The molecule has 2 aliphatic heterocycles. The standard InChI is InChI=1S/C18H22N4O5S/c1-11-8-14(20-26-11)17(23)22-9-18(10-22)13(6-7-28(18,24)25)16-19-15(21-27-16)12-4-2-3-5-12/h8,12-13H,2-7,9-10H2,1H3. The Morgan fingerprint density at radius 2 is 1.93 bits per heavy atom. The van der Waals surface area contributed by atoms with Crippen LogP contribution >= 0.6 is 0 Å². The van der Waals surface area contributed by atoms with Gasteiger partial charge in [0.2, 0.25) is 5.89 Å². The minimum absolute atomic E-state index is 0.0733. The third kappa shape index (κ3) is 2.53.